The molecule has 1 amide bonds. The fourth-order valence-corrected chi connectivity index (χ4v) is 4.27. The Morgan fingerprint density at radius 2 is 1.50 bits per heavy atom. The summed E-state index contributed by atoms with van der Waals surface area (Å²) in [5, 5.41) is 2.77. The van der Waals surface area contributed by atoms with Crippen LogP contribution in [0.5, 0.6) is 0 Å². The predicted molar refractivity (Wildman–Crippen MR) is 127 cm³/mol. The summed E-state index contributed by atoms with van der Waals surface area (Å²) in [4.78, 5) is 39.4. The largest absolute Gasteiger partial charge is 0.459 e. The first-order valence-corrected chi connectivity index (χ1v) is 11.0. The summed E-state index contributed by atoms with van der Waals surface area (Å²) in [5.74, 6) is -2.59. The van der Waals surface area contributed by atoms with Crippen LogP contribution in [0, 0.1) is 0 Å². The molecule has 172 valence electrons. The molecule has 1 aliphatic heterocycles. The Morgan fingerprint density at radius 1 is 0.941 bits per heavy atom. The number of nitrogens with one attached hydrogen (secondary N) is 1. The van der Waals surface area contributed by atoms with Gasteiger partial charge in [0.1, 0.15) is 12.7 Å². The van der Waals surface area contributed by atoms with E-state index in [1.54, 1.807) is 49.4 Å². The van der Waals surface area contributed by atoms with Gasteiger partial charge in [0.05, 0.1) is 11.5 Å². The standard InChI is InChI=1S/C28H25NO5/c1-19-24(22-14-8-4-9-15-22)28(29-25(19)30,27(32)33-18-21-12-6-3-7-13-21)20(2)34-26(31)23-16-10-5-11-17-23/h3-17,20,24H,1,18H2,2H3,(H,29,30)/t20-,24-,28+/m1/s1. The number of ether oxygens (including phenoxy) is 2. The lowest BCUT2D eigenvalue weighted by Gasteiger charge is -2.37. The van der Waals surface area contributed by atoms with E-state index >= 15 is 0 Å². The SMILES string of the molecule is C=C1C(=O)N[C@@](C(=O)OCc2ccccc2)([C@@H](C)OC(=O)c2ccccc2)[C@H]1c1ccccc1. The van der Waals surface area contributed by atoms with E-state index in [2.05, 4.69) is 11.9 Å². The summed E-state index contributed by atoms with van der Waals surface area (Å²) < 4.78 is 11.4. The van der Waals surface area contributed by atoms with E-state index in [1.165, 1.54) is 0 Å². The molecule has 6 heteroatoms. The molecular formula is C28H25NO5. The van der Waals surface area contributed by atoms with Crippen molar-refractivity contribution in [2.24, 2.45) is 0 Å². The monoisotopic (exact) mass is 455 g/mol. The van der Waals surface area contributed by atoms with Crippen molar-refractivity contribution < 1.29 is 23.9 Å². The summed E-state index contributed by atoms with van der Waals surface area (Å²) in [6, 6.07) is 26.8. The number of esters is 2. The zero-order valence-corrected chi connectivity index (χ0v) is 18.8. The number of carbonyl (C=O) groups excluding carboxylic acids is 3. The lowest BCUT2D eigenvalue weighted by molar-refractivity contribution is -0.159. The van der Waals surface area contributed by atoms with E-state index in [-0.39, 0.29) is 12.2 Å². The molecule has 3 atom stereocenters. The molecule has 1 heterocycles. The van der Waals surface area contributed by atoms with Gasteiger partial charge in [0, 0.05) is 5.57 Å². The first-order valence-electron chi connectivity index (χ1n) is 11.0. The van der Waals surface area contributed by atoms with Crippen LogP contribution < -0.4 is 5.32 Å². The summed E-state index contributed by atoms with van der Waals surface area (Å²) >= 11 is 0. The summed E-state index contributed by atoms with van der Waals surface area (Å²) in [7, 11) is 0. The summed E-state index contributed by atoms with van der Waals surface area (Å²) in [6.07, 6.45) is -1.06. The van der Waals surface area contributed by atoms with Crippen molar-refractivity contribution in [3.05, 3.63) is 120 Å². The van der Waals surface area contributed by atoms with E-state index in [0.29, 0.717) is 11.1 Å². The lowest BCUT2D eigenvalue weighted by atomic mass is 9.75. The van der Waals surface area contributed by atoms with E-state index in [1.807, 2.05) is 48.5 Å². The van der Waals surface area contributed by atoms with Gasteiger partial charge in [-0.15, -0.1) is 0 Å². The topological polar surface area (TPSA) is 81.7 Å². The molecular weight excluding hydrogens is 430 g/mol. The Morgan fingerprint density at radius 3 is 2.12 bits per heavy atom. The fourth-order valence-electron chi connectivity index (χ4n) is 4.27. The highest BCUT2D eigenvalue weighted by molar-refractivity contribution is 6.05. The number of hydrogen-bond donors (Lipinski definition) is 1. The Kier molecular flexibility index (Phi) is 6.59. The number of hydrogen-bond acceptors (Lipinski definition) is 5. The van der Waals surface area contributed by atoms with Crippen molar-refractivity contribution in [3.63, 3.8) is 0 Å². The second kappa shape index (κ2) is 9.75. The minimum absolute atomic E-state index is 0.00459. The molecule has 3 aromatic rings. The Bertz CT molecular complexity index is 1190. The Labute approximate surface area is 198 Å². The van der Waals surface area contributed by atoms with Crippen LogP contribution in [0.1, 0.15) is 34.3 Å². The number of benzene rings is 3. The van der Waals surface area contributed by atoms with Crippen LogP contribution in [0.3, 0.4) is 0 Å². The fraction of sp³-hybridized carbons (Fsp3) is 0.179. The highest BCUT2D eigenvalue weighted by Gasteiger charge is 2.61. The second-order valence-corrected chi connectivity index (χ2v) is 8.17. The van der Waals surface area contributed by atoms with Crippen molar-refractivity contribution in [3.8, 4) is 0 Å². The Hall–Kier alpha value is -4.19. The van der Waals surface area contributed by atoms with Gasteiger partial charge in [-0.2, -0.15) is 0 Å². The molecule has 0 saturated carbocycles. The zero-order valence-electron chi connectivity index (χ0n) is 18.8. The molecule has 3 aromatic carbocycles. The van der Waals surface area contributed by atoms with E-state index in [0.717, 1.165) is 5.56 Å². The van der Waals surface area contributed by atoms with Gasteiger partial charge < -0.3 is 14.8 Å². The molecule has 6 nitrogen and oxygen atoms in total. The first kappa shape index (κ1) is 23.0. The molecule has 0 spiro atoms. The minimum atomic E-state index is -1.69. The first-order chi connectivity index (χ1) is 16.4. The van der Waals surface area contributed by atoms with Crippen molar-refractivity contribution >= 4 is 17.8 Å². The van der Waals surface area contributed by atoms with Crippen LogP contribution in [0.2, 0.25) is 0 Å². The van der Waals surface area contributed by atoms with Crippen molar-refractivity contribution in [2.75, 3.05) is 0 Å². The quantitative estimate of drug-likeness (QED) is 0.427. The maximum Gasteiger partial charge on any atom is 0.338 e. The van der Waals surface area contributed by atoms with Crippen LogP contribution >= 0.6 is 0 Å². The van der Waals surface area contributed by atoms with Gasteiger partial charge in [-0.3, -0.25) is 4.79 Å². The van der Waals surface area contributed by atoms with Crippen LogP contribution in [0.4, 0.5) is 0 Å². The van der Waals surface area contributed by atoms with Gasteiger partial charge in [-0.25, -0.2) is 9.59 Å². The minimum Gasteiger partial charge on any atom is -0.459 e. The van der Waals surface area contributed by atoms with E-state index in [4.69, 9.17) is 9.47 Å². The van der Waals surface area contributed by atoms with Gasteiger partial charge >= 0.3 is 11.9 Å². The summed E-state index contributed by atoms with van der Waals surface area (Å²) in [5.41, 5.74) is 0.325. The van der Waals surface area contributed by atoms with Gasteiger partial charge in [-0.05, 0) is 30.2 Å². The smallest absolute Gasteiger partial charge is 0.338 e. The molecule has 4 rings (SSSR count). The van der Waals surface area contributed by atoms with Crippen LogP contribution in [0.15, 0.2) is 103 Å². The molecule has 0 radical (unpaired) electrons. The van der Waals surface area contributed by atoms with Crippen LogP contribution in [-0.4, -0.2) is 29.5 Å². The highest BCUT2D eigenvalue weighted by Crippen LogP contribution is 2.43. The van der Waals surface area contributed by atoms with Crippen molar-refractivity contribution in [1.29, 1.82) is 0 Å². The normalized spacial score (nSPS) is 20.3. The molecule has 1 N–H and O–H groups in total. The van der Waals surface area contributed by atoms with Crippen LogP contribution in [0.25, 0.3) is 0 Å². The number of amides is 1. The molecule has 1 fully saturated rings. The zero-order chi connectivity index (χ0) is 24.1. The Balaban J connectivity index is 1.71. The van der Waals surface area contributed by atoms with E-state index < -0.39 is 35.4 Å². The molecule has 34 heavy (non-hydrogen) atoms. The average Bonchev–Trinajstić information content (AvgIpc) is 3.15. The molecule has 1 saturated heterocycles. The average molecular weight is 456 g/mol. The molecule has 1 aliphatic rings. The third-order valence-corrected chi connectivity index (χ3v) is 6.03. The predicted octanol–water partition coefficient (Wildman–Crippen LogP) is 4.18. The van der Waals surface area contributed by atoms with E-state index in [9.17, 15) is 14.4 Å². The van der Waals surface area contributed by atoms with Crippen molar-refractivity contribution in [2.45, 2.75) is 31.1 Å². The van der Waals surface area contributed by atoms with Crippen molar-refractivity contribution in [1.82, 2.24) is 5.32 Å². The molecule has 0 unspecified atom stereocenters. The molecule has 0 bridgehead atoms. The van der Waals surface area contributed by atoms with Gasteiger partial charge in [0.2, 0.25) is 5.91 Å². The summed E-state index contributed by atoms with van der Waals surface area (Å²) in [6.45, 7) is 5.54. The maximum atomic E-state index is 13.7. The van der Waals surface area contributed by atoms with Gasteiger partial charge in [0.15, 0.2) is 5.54 Å². The second-order valence-electron chi connectivity index (χ2n) is 8.17. The van der Waals surface area contributed by atoms with Gasteiger partial charge in [0.25, 0.3) is 0 Å². The third kappa shape index (κ3) is 4.35. The van der Waals surface area contributed by atoms with Crippen LogP contribution in [-0.2, 0) is 25.7 Å². The molecule has 0 aliphatic carbocycles. The third-order valence-electron chi connectivity index (χ3n) is 6.03. The number of rotatable bonds is 7. The number of carbonyl (C=O) groups is 3. The lowest BCUT2D eigenvalue weighted by Crippen LogP contribution is -2.61. The van der Waals surface area contributed by atoms with Gasteiger partial charge in [-0.1, -0.05) is 85.4 Å². The maximum absolute atomic E-state index is 13.7. The highest BCUT2D eigenvalue weighted by atomic mass is 16.6. The molecule has 0 aromatic heterocycles.